The van der Waals surface area contributed by atoms with Crippen molar-refractivity contribution in [2.24, 2.45) is 0 Å². The summed E-state index contributed by atoms with van der Waals surface area (Å²) >= 11 is 3.59. The lowest BCUT2D eigenvalue weighted by molar-refractivity contribution is -0.0532. The molecule has 6 rings (SSSR count). The van der Waals surface area contributed by atoms with Crippen molar-refractivity contribution in [1.29, 1.82) is 0 Å². The molecule has 2 aromatic carbocycles. The molecule has 2 aliphatic heterocycles. The van der Waals surface area contributed by atoms with E-state index in [-0.39, 0.29) is 4.90 Å². The van der Waals surface area contributed by atoms with Gasteiger partial charge in [-0.1, -0.05) is 36.4 Å². The van der Waals surface area contributed by atoms with Crippen LogP contribution in [0.25, 0.3) is 10.9 Å². The lowest BCUT2D eigenvalue weighted by atomic mass is 9.77. The van der Waals surface area contributed by atoms with Gasteiger partial charge in [0.1, 0.15) is 15.8 Å². The standard InChI is InChI=1S/C23H17BrN2O3S/c1-22-16-12-13-25-21(24)19(16)23(2,29-22)18-15-10-6-7-11-17(15)26(20(18)22)30(27,28)14-8-4-3-5-9-14/h3-13H,1-2H3. The number of para-hydroxylation sites is 1. The van der Waals surface area contributed by atoms with E-state index >= 15 is 0 Å². The maximum atomic E-state index is 13.9. The maximum absolute atomic E-state index is 13.9. The largest absolute Gasteiger partial charge is 0.348 e. The Morgan fingerprint density at radius 1 is 0.933 bits per heavy atom. The average Bonchev–Trinajstić information content (AvgIpc) is 3.30. The highest BCUT2D eigenvalue weighted by atomic mass is 79.9. The Bertz CT molecular complexity index is 1480. The predicted molar refractivity (Wildman–Crippen MR) is 117 cm³/mol. The number of fused-ring (bicyclic) bond motifs is 10. The highest BCUT2D eigenvalue weighted by molar-refractivity contribution is 9.10. The van der Waals surface area contributed by atoms with E-state index in [1.807, 2.05) is 50.2 Å². The normalized spacial score (nSPS) is 24.2. The summed E-state index contributed by atoms with van der Waals surface area (Å²) < 4.78 is 36.5. The molecule has 2 atom stereocenters. The van der Waals surface area contributed by atoms with Gasteiger partial charge in [-0.2, -0.15) is 0 Å². The van der Waals surface area contributed by atoms with Gasteiger partial charge in [-0.25, -0.2) is 17.4 Å². The second-order valence-electron chi connectivity index (χ2n) is 8.02. The molecule has 5 nitrogen and oxygen atoms in total. The molecule has 2 aromatic heterocycles. The van der Waals surface area contributed by atoms with E-state index in [1.54, 1.807) is 30.5 Å². The molecule has 30 heavy (non-hydrogen) atoms. The summed E-state index contributed by atoms with van der Waals surface area (Å²) in [5.41, 5.74) is 2.40. The summed E-state index contributed by atoms with van der Waals surface area (Å²) in [6.07, 6.45) is 1.72. The smallest absolute Gasteiger partial charge is 0.268 e. The second kappa shape index (κ2) is 5.60. The molecule has 0 saturated carbocycles. The maximum Gasteiger partial charge on any atom is 0.268 e. The zero-order valence-electron chi connectivity index (χ0n) is 16.3. The van der Waals surface area contributed by atoms with E-state index in [9.17, 15) is 8.42 Å². The molecule has 4 aromatic rings. The van der Waals surface area contributed by atoms with Gasteiger partial charge in [-0.3, -0.25) is 0 Å². The van der Waals surface area contributed by atoms with Gasteiger partial charge in [0.15, 0.2) is 0 Å². The fourth-order valence-corrected chi connectivity index (χ4v) is 7.57. The molecule has 0 amide bonds. The van der Waals surface area contributed by atoms with Crippen molar-refractivity contribution < 1.29 is 13.2 Å². The first kappa shape index (κ1) is 18.3. The van der Waals surface area contributed by atoms with E-state index in [0.29, 0.717) is 11.2 Å². The lowest BCUT2D eigenvalue weighted by Crippen LogP contribution is -2.28. The van der Waals surface area contributed by atoms with Gasteiger partial charge in [0.2, 0.25) is 0 Å². The summed E-state index contributed by atoms with van der Waals surface area (Å²) in [4.78, 5) is 4.66. The number of pyridine rings is 1. The number of benzene rings is 2. The van der Waals surface area contributed by atoms with Crippen LogP contribution in [0.5, 0.6) is 0 Å². The Balaban J connectivity index is 1.80. The van der Waals surface area contributed by atoms with Crippen LogP contribution in [0, 0.1) is 0 Å². The fourth-order valence-electron chi connectivity index (χ4n) is 5.23. The third kappa shape index (κ3) is 1.96. The van der Waals surface area contributed by atoms with Crippen molar-refractivity contribution in [3.63, 3.8) is 0 Å². The number of hydrogen-bond acceptors (Lipinski definition) is 4. The molecular weight excluding hydrogens is 464 g/mol. The first-order valence-corrected chi connectivity index (χ1v) is 11.8. The van der Waals surface area contributed by atoms with Gasteiger partial charge >= 0.3 is 0 Å². The summed E-state index contributed by atoms with van der Waals surface area (Å²) in [5.74, 6) is 0. The Kier molecular flexibility index (Phi) is 3.42. The van der Waals surface area contributed by atoms with E-state index in [2.05, 4.69) is 20.9 Å². The molecule has 0 fully saturated rings. The zero-order valence-corrected chi connectivity index (χ0v) is 18.7. The monoisotopic (exact) mass is 480 g/mol. The fraction of sp³-hybridized carbons (Fsp3) is 0.174. The molecule has 0 saturated heterocycles. The van der Waals surface area contributed by atoms with Gasteiger partial charge in [0, 0.05) is 28.3 Å². The average molecular weight is 481 g/mol. The van der Waals surface area contributed by atoms with Gasteiger partial charge < -0.3 is 4.74 Å². The third-order valence-electron chi connectivity index (χ3n) is 6.35. The molecule has 2 unspecified atom stereocenters. The van der Waals surface area contributed by atoms with Gasteiger partial charge in [-0.15, -0.1) is 0 Å². The van der Waals surface area contributed by atoms with Crippen LogP contribution in [-0.2, 0) is 26.0 Å². The molecule has 2 aliphatic rings. The van der Waals surface area contributed by atoms with Crippen molar-refractivity contribution in [1.82, 2.24) is 8.96 Å². The summed E-state index contributed by atoms with van der Waals surface area (Å²) in [6, 6.07) is 18.1. The molecule has 7 heteroatoms. The number of ether oxygens (including phenoxy) is 1. The van der Waals surface area contributed by atoms with E-state index in [4.69, 9.17) is 4.74 Å². The second-order valence-corrected chi connectivity index (χ2v) is 10.6. The van der Waals surface area contributed by atoms with Crippen molar-refractivity contribution in [2.75, 3.05) is 0 Å². The van der Waals surface area contributed by atoms with Crippen molar-refractivity contribution in [2.45, 2.75) is 29.9 Å². The quantitative estimate of drug-likeness (QED) is 0.382. The summed E-state index contributed by atoms with van der Waals surface area (Å²) in [7, 11) is -3.84. The minimum Gasteiger partial charge on any atom is -0.348 e. The van der Waals surface area contributed by atoms with Gasteiger partial charge in [0.25, 0.3) is 10.0 Å². The number of hydrogen-bond donors (Lipinski definition) is 0. The molecule has 2 bridgehead atoms. The highest BCUT2D eigenvalue weighted by Crippen LogP contribution is 2.64. The molecule has 4 heterocycles. The van der Waals surface area contributed by atoms with E-state index in [1.165, 1.54) is 3.97 Å². The minimum atomic E-state index is -3.84. The van der Waals surface area contributed by atoms with Crippen LogP contribution in [0.1, 0.15) is 36.2 Å². The van der Waals surface area contributed by atoms with Crippen LogP contribution in [0.15, 0.2) is 76.4 Å². The molecule has 0 N–H and O–H groups in total. The number of rotatable bonds is 2. The van der Waals surface area contributed by atoms with Crippen LogP contribution in [-0.4, -0.2) is 17.4 Å². The predicted octanol–water partition coefficient (Wildman–Crippen LogP) is 4.91. The van der Waals surface area contributed by atoms with Gasteiger partial charge in [0.05, 0.1) is 16.1 Å². The minimum absolute atomic E-state index is 0.251. The Hall–Kier alpha value is -2.48. The molecule has 0 spiro atoms. The zero-order chi connectivity index (χ0) is 20.9. The molecular formula is C23H17BrN2O3S. The first-order chi connectivity index (χ1) is 14.3. The topological polar surface area (TPSA) is 61.2 Å². The van der Waals surface area contributed by atoms with Crippen LogP contribution in [0.4, 0.5) is 0 Å². The van der Waals surface area contributed by atoms with Gasteiger partial charge in [-0.05, 0) is 54.0 Å². The van der Waals surface area contributed by atoms with Crippen LogP contribution in [0.3, 0.4) is 0 Å². The molecule has 150 valence electrons. The van der Waals surface area contributed by atoms with Crippen molar-refractivity contribution >= 4 is 36.9 Å². The van der Waals surface area contributed by atoms with E-state index in [0.717, 1.165) is 26.7 Å². The molecule has 0 aliphatic carbocycles. The number of halogens is 1. The Morgan fingerprint density at radius 3 is 2.40 bits per heavy atom. The Morgan fingerprint density at radius 2 is 1.63 bits per heavy atom. The van der Waals surface area contributed by atoms with Crippen LogP contribution < -0.4 is 0 Å². The first-order valence-electron chi connectivity index (χ1n) is 9.61. The summed E-state index contributed by atoms with van der Waals surface area (Å²) in [6.45, 7) is 3.95. The highest BCUT2D eigenvalue weighted by Gasteiger charge is 2.63. The number of nitrogens with zero attached hydrogens (tertiary/aromatic N) is 2. The number of aromatic nitrogens is 2. The summed E-state index contributed by atoms with van der Waals surface area (Å²) in [5, 5.41) is 0.875. The van der Waals surface area contributed by atoms with Crippen LogP contribution >= 0.6 is 15.9 Å². The van der Waals surface area contributed by atoms with Crippen molar-refractivity contribution in [3.8, 4) is 0 Å². The van der Waals surface area contributed by atoms with Crippen LogP contribution in [0.2, 0.25) is 0 Å². The van der Waals surface area contributed by atoms with Crippen molar-refractivity contribution in [3.05, 3.63) is 93.8 Å². The third-order valence-corrected chi connectivity index (χ3v) is 8.68. The lowest BCUT2D eigenvalue weighted by Gasteiger charge is -2.26. The Labute approximate surface area is 182 Å². The van der Waals surface area contributed by atoms with E-state index < -0.39 is 21.2 Å². The molecule has 0 radical (unpaired) electrons. The SMILES string of the molecule is CC12OC(C)(c3ccnc(Br)c31)c1c2c2ccccc2n1S(=O)(=O)c1ccccc1.